The molecule has 148 valence electrons. The average molecular weight is 389 g/mol. The first kappa shape index (κ1) is 19.0. The lowest BCUT2D eigenvalue weighted by Gasteiger charge is -2.33. The lowest BCUT2D eigenvalue weighted by Crippen LogP contribution is -2.44. The Kier molecular flexibility index (Phi) is 5.86. The SMILES string of the molecule is C[C@H]1CCc2sc(C(=O)N3CCC(C(=O)N4CCCCCC4)CC3)cc2C1. The zero-order valence-electron chi connectivity index (χ0n) is 16.5. The van der Waals surface area contributed by atoms with Gasteiger partial charge in [-0.05, 0) is 62.5 Å². The predicted molar refractivity (Wildman–Crippen MR) is 109 cm³/mol. The Hall–Kier alpha value is -1.36. The van der Waals surface area contributed by atoms with Gasteiger partial charge in [0.05, 0.1) is 4.88 Å². The molecule has 1 aliphatic carbocycles. The van der Waals surface area contributed by atoms with Crippen molar-refractivity contribution in [1.82, 2.24) is 9.80 Å². The van der Waals surface area contributed by atoms with E-state index in [1.54, 1.807) is 11.3 Å². The molecule has 0 unspecified atom stereocenters. The number of hydrogen-bond donors (Lipinski definition) is 0. The molecule has 27 heavy (non-hydrogen) atoms. The largest absolute Gasteiger partial charge is 0.342 e. The number of rotatable bonds is 2. The van der Waals surface area contributed by atoms with Crippen LogP contribution in [0.4, 0.5) is 0 Å². The van der Waals surface area contributed by atoms with Crippen LogP contribution in [0.1, 0.15) is 72.0 Å². The molecule has 5 heteroatoms. The minimum absolute atomic E-state index is 0.115. The molecule has 1 atom stereocenters. The van der Waals surface area contributed by atoms with E-state index in [4.69, 9.17) is 0 Å². The van der Waals surface area contributed by atoms with E-state index in [1.165, 1.54) is 29.7 Å². The molecule has 1 aromatic heterocycles. The van der Waals surface area contributed by atoms with Gasteiger partial charge in [0.15, 0.2) is 0 Å². The number of carbonyl (C=O) groups is 2. The summed E-state index contributed by atoms with van der Waals surface area (Å²) in [5.41, 5.74) is 1.40. The van der Waals surface area contributed by atoms with Crippen molar-refractivity contribution in [1.29, 1.82) is 0 Å². The molecule has 0 radical (unpaired) electrons. The number of amides is 2. The first-order valence-corrected chi connectivity index (χ1v) is 11.6. The van der Waals surface area contributed by atoms with Crippen molar-refractivity contribution in [2.24, 2.45) is 11.8 Å². The zero-order valence-corrected chi connectivity index (χ0v) is 17.4. The molecule has 0 spiro atoms. The lowest BCUT2D eigenvalue weighted by molar-refractivity contribution is -0.136. The Labute approximate surface area is 166 Å². The average Bonchev–Trinajstić information content (AvgIpc) is 2.92. The summed E-state index contributed by atoms with van der Waals surface area (Å²) in [6.45, 7) is 5.60. The highest BCUT2D eigenvalue weighted by Crippen LogP contribution is 2.33. The smallest absolute Gasteiger partial charge is 0.263 e. The molecular formula is C22H32N2O2S. The van der Waals surface area contributed by atoms with Gasteiger partial charge >= 0.3 is 0 Å². The Balaban J connectivity index is 1.33. The van der Waals surface area contributed by atoms with Gasteiger partial charge < -0.3 is 9.80 Å². The van der Waals surface area contributed by atoms with E-state index in [1.807, 2.05) is 4.90 Å². The Bertz CT molecular complexity index is 682. The van der Waals surface area contributed by atoms with Crippen LogP contribution in [0.2, 0.25) is 0 Å². The van der Waals surface area contributed by atoms with Crippen molar-refractivity contribution < 1.29 is 9.59 Å². The van der Waals surface area contributed by atoms with Crippen LogP contribution in [0.3, 0.4) is 0 Å². The second-order valence-corrected chi connectivity index (χ2v) is 9.85. The van der Waals surface area contributed by atoms with E-state index in [-0.39, 0.29) is 11.8 Å². The van der Waals surface area contributed by atoms with E-state index in [9.17, 15) is 9.59 Å². The Morgan fingerprint density at radius 1 is 0.963 bits per heavy atom. The highest BCUT2D eigenvalue weighted by molar-refractivity contribution is 7.14. The molecule has 4 nitrogen and oxygen atoms in total. The Morgan fingerprint density at radius 2 is 1.67 bits per heavy atom. The second kappa shape index (κ2) is 8.34. The van der Waals surface area contributed by atoms with Gasteiger partial charge in [-0.2, -0.15) is 0 Å². The number of piperidine rings is 1. The van der Waals surface area contributed by atoms with E-state index in [0.29, 0.717) is 5.91 Å². The van der Waals surface area contributed by atoms with Gasteiger partial charge in [0.2, 0.25) is 5.91 Å². The summed E-state index contributed by atoms with van der Waals surface area (Å²) in [5.74, 6) is 1.37. The van der Waals surface area contributed by atoms with Crippen LogP contribution in [0.25, 0.3) is 0 Å². The maximum absolute atomic E-state index is 13.0. The lowest BCUT2D eigenvalue weighted by atomic mass is 9.90. The van der Waals surface area contributed by atoms with Gasteiger partial charge in [0.1, 0.15) is 0 Å². The fraction of sp³-hybridized carbons (Fsp3) is 0.727. The quantitative estimate of drug-likeness (QED) is 0.764. The van der Waals surface area contributed by atoms with Crippen LogP contribution in [-0.4, -0.2) is 47.8 Å². The van der Waals surface area contributed by atoms with E-state index >= 15 is 0 Å². The monoisotopic (exact) mass is 388 g/mol. The number of carbonyl (C=O) groups excluding carboxylic acids is 2. The molecule has 0 aromatic carbocycles. The van der Waals surface area contributed by atoms with Crippen LogP contribution in [0.5, 0.6) is 0 Å². The zero-order chi connectivity index (χ0) is 18.8. The molecule has 2 aliphatic heterocycles. The van der Waals surface area contributed by atoms with Crippen molar-refractivity contribution in [3.05, 3.63) is 21.4 Å². The molecule has 0 saturated carbocycles. The van der Waals surface area contributed by atoms with E-state index in [2.05, 4.69) is 17.9 Å². The topological polar surface area (TPSA) is 40.6 Å². The highest BCUT2D eigenvalue weighted by atomic mass is 32.1. The van der Waals surface area contributed by atoms with Crippen LogP contribution in [0.15, 0.2) is 6.07 Å². The maximum Gasteiger partial charge on any atom is 0.263 e. The van der Waals surface area contributed by atoms with Crippen LogP contribution in [-0.2, 0) is 17.6 Å². The third kappa shape index (κ3) is 4.23. The molecule has 1 aromatic rings. The standard InChI is InChI=1S/C22H32N2O2S/c1-16-6-7-19-18(14-16)15-20(27-19)22(26)24-12-8-17(9-13-24)21(25)23-10-4-2-3-5-11-23/h15-17H,2-14H2,1H3/t16-/m0/s1. The van der Waals surface area contributed by atoms with Gasteiger partial charge in [-0.25, -0.2) is 0 Å². The second-order valence-electron chi connectivity index (χ2n) is 8.71. The number of nitrogens with zero attached hydrogens (tertiary/aromatic N) is 2. The van der Waals surface area contributed by atoms with Gasteiger partial charge in [0.25, 0.3) is 5.91 Å². The summed E-state index contributed by atoms with van der Waals surface area (Å²) in [6.07, 6.45) is 9.92. The summed E-state index contributed by atoms with van der Waals surface area (Å²) in [4.78, 5) is 32.2. The van der Waals surface area contributed by atoms with Gasteiger partial charge in [0, 0.05) is 37.0 Å². The number of hydrogen-bond acceptors (Lipinski definition) is 3. The molecule has 0 bridgehead atoms. The summed E-state index contributed by atoms with van der Waals surface area (Å²) in [6, 6.07) is 2.15. The van der Waals surface area contributed by atoms with Gasteiger partial charge in [-0.15, -0.1) is 11.3 Å². The summed E-state index contributed by atoms with van der Waals surface area (Å²) < 4.78 is 0. The van der Waals surface area contributed by atoms with E-state index in [0.717, 1.165) is 75.5 Å². The van der Waals surface area contributed by atoms with Crippen LogP contribution < -0.4 is 0 Å². The molecule has 2 fully saturated rings. The van der Waals surface area contributed by atoms with Crippen molar-refractivity contribution in [3.8, 4) is 0 Å². The van der Waals surface area contributed by atoms with Gasteiger partial charge in [-0.1, -0.05) is 19.8 Å². The number of thiophene rings is 1. The number of likely N-dealkylation sites (tertiary alicyclic amines) is 2. The molecule has 0 N–H and O–H groups in total. The first-order chi connectivity index (χ1) is 13.1. The summed E-state index contributed by atoms with van der Waals surface area (Å²) in [5, 5.41) is 0. The maximum atomic E-state index is 13.0. The van der Waals surface area contributed by atoms with Crippen LogP contribution in [0, 0.1) is 11.8 Å². The van der Waals surface area contributed by atoms with Crippen molar-refractivity contribution >= 4 is 23.2 Å². The Morgan fingerprint density at radius 3 is 2.37 bits per heavy atom. The molecule has 2 saturated heterocycles. The van der Waals surface area contributed by atoms with Crippen molar-refractivity contribution in [2.45, 2.75) is 64.7 Å². The van der Waals surface area contributed by atoms with Gasteiger partial charge in [-0.3, -0.25) is 9.59 Å². The first-order valence-electron chi connectivity index (χ1n) is 10.8. The summed E-state index contributed by atoms with van der Waals surface area (Å²) in [7, 11) is 0. The summed E-state index contributed by atoms with van der Waals surface area (Å²) >= 11 is 1.70. The normalized spacial score (nSPS) is 24.4. The highest BCUT2D eigenvalue weighted by Gasteiger charge is 2.31. The van der Waals surface area contributed by atoms with Crippen molar-refractivity contribution in [3.63, 3.8) is 0 Å². The molecule has 3 aliphatic rings. The minimum atomic E-state index is 0.115. The molecule has 4 rings (SSSR count). The van der Waals surface area contributed by atoms with Crippen molar-refractivity contribution in [2.75, 3.05) is 26.2 Å². The third-order valence-electron chi connectivity index (χ3n) is 6.59. The molecular weight excluding hydrogens is 356 g/mol. The third-order valence-corrected chi connectivity index (χ3v) is 7.81. The fourth-order valence-corrected chi connectivity index (χ4v) is 6.02. The van der Waals surface area contributed by atoms with Crippen LogP contribution >= 0.6 is 11.3 Å². The number of fused-ring (bicyclic) bond motifs is 1. The minimum Gasteiger partial charge on any atom is -0.342 e. The number of aryl methyl sites for hydroxylation is 1. The predicted octanol–water partition coefficient (Wildman–Crippen LogP) is 4.13. The van der Waals surface area contributed by atoms with E-state index < -0.39 is 0 Å². The fourth-order valence-electron chi connectivity index (χ4n) is 4.85. The molecule has 3 heterocycles. The molecule has 2 amide bonds.